The molecule has 1 aromatic heterocycles. The Morgan fingerprint density at radius 2 is 1.91 bits per heavy atom. The van der Waals surface area contributed by atoms with Crippen LogP contribution < -0.4 is 10.1 Å². The van der Waals surface area contributed by atoms with Crippen molar-refractivity contribution in [1.82, 2.24) is 19.7 Å². The molecule has 1 atom stereocenters. The zero-order valence-corrected chi connectivity index (χ0v) is 21.2. The van der Waals surface area contributed by atoms with Gasteiger partial charge in [-0.15, -0.1) is 0 Å². The van der Waals surface area contributed by atoms with E-state index < -0.39 is 0 Å². The molecule has 0 spiro atoms. The maximum atomic E-state index is 12.6. The average Bonchev–Trinajstić information content (AvgIpc) is 2.84. The van der Waals surface area contributed by atoms with Crippen LogP contribution in [0, 0.1) is 5.92 Å². The van der Waals surface area contributed by atoms with E-state index in [1.807, 2.05) is 24.1 Å². The summed E-state index contributed by atoms with van der Waals surface area (Å²) >= 11 is 12.0. The van der Waals surface area contributed by atoms with Crippen molar-refractivity contribution in [3.63, 3.8) is 0 Å². The second-order valence-electron chi connectivity index (χ2n) is 9.01. The number of hydrogen-bond donors (Lipinski definition) is 1. The summed E-state index contributed by atoms with van der Waals surface area (Å²) in [5.41, 5.74) is 1.75. The van der Waals surface area contributed by atoms with Gasteiger partial charge in [-0.3, -0.25) is 14.8 Å². The van der Waals surface area contributed by atoms with Crippen molar-refractivity contribution >= 4 is 34.9 Å². The molecular weight excluding hydrogens is 473 g/mol. The van der Waals surface area contributed by atoms with E-state index in [1.165, 1.54) is 12.8 Å². The highest BCUT2D eigenvalue weighted by molar-refractivity contribution is 6.42. The number of hydrogen-bond acceptors (Lipinski definition) is 5. The molecule has 2 saturated heterocycles. The van der Waals surface area contributed by atoms with Crippen LogP contribution in [0.1, 0.15) is 25.5 Å². The number of amides is 2. The van der Waals surface area contributed by atoms with Gasteiger partial charge < -0.3 is 15.0 Å². The standard InChI is InChI=1S/C25H33Cl2N5O2/c1-2-34-22-7-5-21(28-15-22)18-31-9-3-4-19(17-31)16-30-10-12-32(13-11-30)25(33)29-20-6-8-23(26)24(27)14-20/h5-8,14-15,19H,2-4,9-13,16-18H2,1H3,(H,29,33)/t19-/m0/s1. The molecule has 0 radical (unpaired) electrons. The Kier molecular flexibility index (Phi) is 8.89. The van der Waals surface area contributed by atoms with E-state index in [0.717, 1.165) is 63.8 Å². The van der Waals surface area contributed by atoms with Crippen LogP contribution in [-0.2, 0) is 6.54 Å². The molecule has 2 aliphatic heterocycles. The SMILES string of the molecule is CCOc1ccc(CN2CCC[C@@H](CN3CCN(C(=O)Nc4ccc(Cl)c(Cl)c4)CC3)C2)nc1. The zero-order valence-electron chi connectivity index (χ0n) is 19.7. The van der Waals surface area contributed by atoms with Crippen LogP contribution in [-0.4, -0.2) is 78.1 Å². The number of halogens is 2. The number of anilines is 1. The molecule has 2 amide bonds. The number of carbonyl (C=O) groups excluding carboxylic acids is 1. The van der Waals surface area contributed by atoms with Crippen LogP contribution in [0.2, 0.25) is 10.0 Å². The molecule has 3 heterocycles. The number of nitrogens with one attached hydrogen (secondary N) is 1. The predicted octanol–water partition coefficient (Wildman–Crippen LogP) is 4.85. The lowest BCUT2D eigenvalue weighted by Crippen LogP contribution is -2.52. The lowest BCUT2D eigenvalue weighted by atomic mass is 9.97. The molecule has 1 N–H and O–H groups in total. The fourth-order valence-corrected chi connectivity index (χ4v) is 5.00. The Morgan fingerprint density at radius 3 is 2.62 bits per heavy atom. The molecule has 1 aromatic carbocycles. The minimum absolute atomic E-state index is 0.0928. The first-order chi connectivity index (χ1) is 16.5. The van der Waals surface area contributed by atoms with Gasteiger partial charge in [-0.2, -0.15) is 0 Å². The van der Waals surface area contributed by atoms with Gasteiger partial charge in [0, 0.05) is 51.5 Å². The fourth-order valence-electron chi connectivity index (χ4n) is 4.70. The average molecular weight is 506 g/mol. The van der Waals surface area contributed by atoms with E-state index in [0.29, 0.717) is 28.3 Å². The van der Waals surface area contributed by atoms with Gasteiger partial charge in [0.25, 0.3) is 0 Å². The topological polar surface area (TPSA) is 60.9 Å². The van der Waals surface area contributed by atoms with E-state index in [4.69, 9.17) is 27.9 Å². The lowest BCUT2D eigenvalue weighted by Gasteiger charge is -2.39. The third kappa shape index (κ3) is 6.98. The van der Waals surface area contributed by atoms with Crippen molar-refractivity contribution < 1.29 is 9.53 Å². The predicted molar refractivity (Wildman–Crippen MR) is 137 cm³/mol. The van der Waals surface area contributed by atoms with Crippen molar-refractivity contribution in [2.24, 2.45) is 5.92 Å². The number of rotatable bonds is 7. The van der Waals surface area contributed by atoms with E-state index in [2.05, 4.69) is 26.2 Å². The van der Waals surface area contributed by atoms with Crippen LogP contribution >= 0.6 is 23.2 Å². The maximum Gasteiger partial charge on any atom is 0.321 e. The van der Waals surface area contributed by atoms with Crippen molar-refractivity contribution in [2.75, 3.05) is 57.7 Å². The summed E-state index contributed by atoms with van der Waals surface area (Å²) < 4.78 is 5.49. The summed E-state index contributed by atoms with van der Waals surface area (Å²) in [6.45, 7) is 10.0. The Hall–Kier alpha value is -2.06. The van der Waals surface area contributed by atoms with Gasteiger partial charge in [0.15, 0.2) is 0 Å². The van der Waals surface area contributed by atoms with Crippen LogP contribution in [0.4, 0.5) is 10.5 Å². The first kappa shape index (κ1) is 25.0. The summed E-state index contributed by atoms with van der Waals surface area (Å²) in [6, 6.07) is 9.11. The molecule has 9 heteroatoms. The van der Waals surface area contributed by atoms with Crippen LogP contribution in [0.5, 0.6) is 5.75 Å². The highest BCUT2D eigenvalue weighted by atomic mass is 35.5. The Bertz CT molecular complexity index is 951. The first-order valence-corrected chi connectivity index (χ1v) is 12.8. The van der Waals surface area contributed by atoms with E-state index in [-0.39, 0.29) is 6.03 Å². The van der Waals surface area contributed by atoms with E-state index in [1.54, 1.807) is 18.2 Å². The highest BCUT2D eigenvalue weighted by Crippen LogP contribution is 2.25. The van der Waals surface area contributed by atoms with Crippen LogP contribution in [0.25, 0.3) is 0 Å². The van der Waals surface area contributed by atoms with E-state index >= 15 is 0 Å². The quantitative estimate of drug-likeness (QED) is 0.582. The molecule has 2 aromatic rings. The van der Waals surface area contributed by atoms with Gasteiger partial charge in [-0.25, -0.2) is 4.79 Å². The zero-order chi connectivity index (χ0) is 23.9. The molecule has 2 aliphatic rings. The number of nitrogens with zero attached hydrogens (tertiary/aromatic N) is 4. The number of ether oxygens (including phenoxy) is 1. The largest absolute Gasteiger partial charge is 0.492 e. The second-order valence-corrected chi connectivity index (χ2v) is 9.82. The Morgan fingerprint density at radius 1 is 1.09 bits per heavy atom. The lowest BCUT2D eigenvalue weighted by molar-refractivity contribution is 0.0979. The van der Waals surface area contributed by atoms with Gasteiger partial charge in [0.05, 0.1) is 28.5 Å². The van der Waals surface area contributed by atoms with Crippen LogP contribution in [0.3, 0.4) is 0 Å². The smallest absolute Gasteiger partial charge is 0.321 e. The third-order valence-corrected chi connectivity index (χ3v) is 7.18. The van der Waals surface area contributed by atoms with Gasteiger partial charge in [-0.05, 0) is 62.6 Å². The van der Waals surface area contributed by atoms with Gasteiger partial charge >= 0.3 is 6.03 Å². The molecule has 34 heavy (non-hydrogen) atoms. The Labute approximate surface area is 212 Å². The van der Waals surface area contributed by atoms with Gasteiger partial charge in [0.1, 0.15) is 5.75 Å². The number of likely N-dealkylation sites (tertiary alicyclic amines) is 1. The minimum Gasteiger partial charge on any atom is -0.492 e. The number of pyridine rings is 1. The second kappa shape index (κ2) is 12.1. The number of benzene rings is 1. The Balaban J connectivity index is 1.20. The van der Waals surface area contributed by atoms with Gasteiger partial charge in [-0.1, -0.05) is 23.2 Å². The molecule has 0 unspecified atom stereocenters. The molecule has 2 fully saturated rings. The monoisotopic (exact) mass is 505 g/mol. The number of piperidine rings is 1. The van der Waals surface area contributed by atoms with Crippen LogP contribution in [0.15, 0.2) is 36.5 Å². The summed E-state index contributed by atoms with van der Waals surface area (Å²) in [4.78, 5) is 24.1. The number of aromatic nitrogens is 1. The van der Waals surface area contributed by atoms with E-state index in [9.17, 15) is 4.79 Å². The molecule has 0 saturated carbocycles. The summed E-state index contributed by atoms with van der Waals surface area (Å²) in [5.74, 6) is 1.47. The molecule has 4 rings (SSSR count). The first-order valence-electron chi connectivity index (χ1n) is 12.0. The fraction of sp³-hybridized carbons (Fsp3) is 0.520. The molecule has 0 bridgehead atoms. The van der Waals surface area contributed by atoms with Crippen molar-refractivity contribution in [2.45, 2.75) is 26.3 Å². The maximum absolute atomic E-state index is 12.6. The highest BCUT2D eigenvalue weighted by Gasteiger charge is 2.26. The van der Waals surface area contributed by atoms with Crippen molar-refractivity contribution in [3.05, 3.63) is 52.3 Å². The molecule has 0 aliphatic carbocycles. The van der Waals surface area contributed by atoms with Crippen molar-refractivity contribution in [3.8, 4) is 5.75 Å². The number of piperazine rings is 1. The van der Waals surface area contributed by atoms with Crippen molar-refractivity contribution in [1.29, 1.82) is 0 Å². The third-order valence-electron chi connectivity index (χ3n) is 6.44. The summed E-state index contributed by atoms with van der Waals surface area (Å²) in [6.07, 6.45) is 4.29. The number of carbonyl (C=O) groups is 1. The minimum atomic E-state index is -0.0928. The normalized spacial score (nSPS) is 19.7. The molecular formula is C25H33Cl2N5O2. The summed E-state index contributed by atoms with van der Waals surface area (Å²) in [5, 5.41) is 3.83. The van der Waals surface area contributed by atoms with Gasteiger partial charge in [0.2, 0.25) is 0 Å². The number of urea groups is 1. The molecule has 7 nitrogen and oxygen atoms in total. The molecule has 184 valence electrons. The summed E-state index contributed by atoms with van der Waals surface area (Å²) in [7, 11) is 0.